The van der Waals surface area contributed by atoms with Gasteiger partial charge in [-0.05, 0) is 37.2 Å². The number of aliphatic imine (C=N–C) groups is 1. The minimum Gasteiger partial charge on any atom is -0.480 e. The van der Waals surface area contributed by atoms with Crippen molar-refractivity contribution in [1.82, 2.24) is 16.0 Å². The van der Waals surface area contributed by atoms with Crippen molar-refractivity contribution >= 4 is 54.0 Å². The highest BCUT2D eigenvalue weighted by Crippen LogP contribution is 2.10. The summed E-state index contributed by atoms with van der Waals surface area (Å²) >= 11 is 5.49. The largest absolute Gasteiger partial charge is 0.480 e. The molecule has 34 heavy (non-hydrogen) atoms. The van der Waals surface area contributed by atoms with Crippen LogP contribution >= 0.6 is 24.4 Å². The number of carboxylic acids is 1. The predicted octanol–water partition coefficient (Wildman–Crippen LogP) is -1.36. The summed E-state index contributed by atoms with van der Waals surface area (Å²) in [5.74, 6) is -2.78. The molecule has 0 aliphatic rings. The Morgan fingerprint density at radius 3 is 2.15 bits per heavy atom. The first-order valence-corrected chi connectivity index (χ1v) is 13.1. The summed E-state index contributed by atoms with van der Waals surface area (Å²) < 4.78 is 0. The SMILES string of the molecule is CCC(C)C(NC(=O)C(CCCN=C(N)N)NC(=O)C(N)CCSC)C(=O)NC(CS)C(=O)O. The number of aliphatic carboxylic acids is 1. The van der Waals surface area contributed by atoms with Gasteiger partial charge in [0.15, 0.2) is 5.96 Å². The zero-order chi connectivity index (χ0) is 26.3. The van der Waals surface area contributed by atoms with Crippen LogP contribution in [0.15, 0.2) is 4.99 Å². The van der Waals surface area contributed by atoms with Crippen LogP contribution in [0.3, 0.4) is 0 Å². The van der Waals surface area contributed by atoms with Gasteiger partial charge in [-0.1, -0.05) is 20.3 Å². The third-order valence-electron chi connectivity index (χ3n) is 5.14. The van der Waals surface area contributed by atoms with Gasteiger partial charge in [-0.25, -0.2) is 4.79 Å². The molecule has 0 fully saturated rings. The molecular formula is C20H39N7O5S2. The summed E-state index contributed by atoms with van der Waals surface area (Å²) in [5, 5.41) is 16.9. The standard InChI is InChI=1S/C20H39N7O5S2/c1-4-11(2)15(18(30)26-14(10-33)19(31)32)27-17(29)13(6-5-8-24-20(22)23)25-16(28)12(21)7-9-34-3/h11-15,33H,4-10,21H2,1-3H3,(H,25,28)(H,26,30)(H,27,29)(H,31,32)(H4,22,23,24). The highest BCUT2D eigenvalue weighted by molar-refractivity contribution is 7.98. The molecular weight excluding hydrogens is 482 g/mol. The maximum atomic E-state index is 13.1. The Morgan fingerprint density at radius 1 is 1.03 bits per heavy atom. The summed E-state index contributed by atoms with van der Waals surface area (Å²) in [5.41, 5.74) is 16.6. The van der Waals surface area contributed by atoms with E-state index in [-0.39, 0.29) is 30.6 Å². The molecule has 5 atom stereocenters. The average Bonchev–Trinajstić information content (AvgIpc) is 2.79. The van der Waals surface area contributed by atoms with Gasteiger partial charge >= 0.3 is 5.97 Å². The molecule has 0 saturated heterocycles. The van der Waals surface area contributed by atoms with Gasteiger partial charge in [0.1, 0.15) is 18.1 Å². The van der Waals surface area contributed by atoms with Crippen LogP contribution in [0.25, 0.3) is 0 Å². The van der Waals surface area contributed by atoms with E-state index in [1.807, 2.05) is 13.2 Å². The van der Waals surface area contributed by atoms with Crippen LogP contribution in [0.5, 0.6) is 0 Å². The van der Waals surface area contributed by atoms with Crippen LogP contribution in [0, 0.1) is 5.92 Å². The Morgan fingerprint density at radius 2 is 1.65 bits per heavy atom. The van der Waals surface area contributed by atoms with Crippen molar-refractivity contribution in [3.8, 4) is 0 Å². The van der Waals surface area contributed by atoms with Crippen LogP contribution in [0.4, 0.5) is 0 Å². The number of carboxylic acid groups (broad SMARTS) is 1. The summed E-state index contributed by atoms with van der Waals surface area (Å²) in [6.07, 6.45) is 3.46. The number of hydrogen-bond acceptors (Lipinski definition) is 8. The highest BCUT2D eigenvalue weighted by atomic mass is 32.2. The second-order valence-electron chi connectivity index (χ2n) is 7.85. The van der Waals surface area contributed by atoms with Gasteiger partial charge in [-0.3, -0.25) is 19.4 Å². The summed E-state index contributed by atoms with van der Waals surface area (Å²) in [6.45, 7) is 3.84. The van der Waals surface area contributed by atoms with Gasteiger partial charge in [0, 0.05) is 12.3 Å². The molecule has 0 aromatic heterocycles. The Bertz CT molecular complexity index is 707. The normalized spacial score (nSPS) is 15.2. The molecule has 0 radical (unpaired) electrons. The maximum absolute atomic E-state index is 13.1. The van der Waals surface area contributed by atoms with Crippen LogP contribution in [-0.4, -0.2) is 83.2 Å². The van der Waals surface area contributed by atoms with E-state index in [1.165, 1.54) is 0 Å². The van der Waals surface area contributed by atoms with Crippen LogP contribution in [-0.2, 0) is 19.2 Å². The number of carbonyl (C=O) groups excluding carboxylic acids is 3. The lowest BCUT2D eigenvalue weighted by Crippen LogP contribution is -2.58. The van der Waals surface area contributed by atoms with Crippen molar-refractivity contribution in [1.29, 1.82) is 0 Å². The molecule has 0 aromatic carbocycles. The minimum absolute atomic E-state index is 0.0881. The van der Waals surface area contributed by atoms with Crippen LogP contribution in [0.1, 0.15) is 39.5 Å². The fraction of sp³-hybridized carbons (Fsp3) is 0.750. The molecule has 3 amide bonds. The summed E-state index contributed by atoms with van der Waals surface area (Å²) in [7, 11) is 0. The van der Waals surface area contributed by atoms with Gasteiger partial charge in [0.2, 0.25) is 17.7 Å². The monoisotopic (exact) mass is 521 g/mol. The smallest absolute Gasteiger partial charge is 0.327 e. The highest BCUT2D eigenvalue weighted by Gasteiger charge is 2.32. The van der Waals surface area contributed by atoms with Gasteiger partial charge in [-0.2, -0.15) is 24.4 Å². The van der Waals surface area contributed by atoms with Gasteiger partial charge < -0.3 is 38.3 Å². The molecule has 0 heterocycles. The van der Waals surface area contributed by atoms with E-state index in [0.29, 0.717) is 25.0 Å². The molecule has 0 aromatic rings. The molecule has 14 heteroatoms. The molecule has 12 nitrogen and oxygen atoms in total. The first-order chi connectivity index (χ1) is 16.0. The lowest BCUT2D eigenvalue weighted by molar-refractivity contribution is -0.142. The van der Waals surface area contributed by atoms with Crippen molar-refractivity contribution in [2.45, 2.75) is 63.7 Å². The number of nitrogens with zero attached hydrogens (tertiary/aromatic N) is 1. The summed E-state index contributed by atoms with van der Waals surface area (Å²) in [6, 6.07) is -3.99. The van der Waals surface area contributed by atoms with E-state index in [1.54, 1.807) is 18.7 Å². The van der Waals surface area contributed by atoms with Crippen molar-refractivity contribution in [3.63, 3.8) is 0 Å². The summed E-state index contributed by atoms with van der Waals surface area (Å²) in [4.78, 5) is 53.6. The molecule has 0 aliphatic heterocycles. The van der Waals surface area contributed by atoms with Crippen molar-refractivity contribution in [3.05, 3.63) is 0 Å². The fourth-order valence-corrected chi connectivity index (χ4v) is 3.57. The van der Waals surface area contributed by atoms with Crippen molar-refractivity contribution < 1.29 is 24.3 Å². The number of nitrogens with two attached hydrogens (primary N) is 3. The van der Waals surface area contributed by atoms with Gasteiger partial charge in [-0.15, -0.1) is 0 Å². The Kier molecular flexibility index (Phi) is 16.2. The molecule has 5 unspecified atom stereocenters. The molecule has 0 rings (SSSR count). The van der Waals surface area contributed by atoms with Crippen LogP contribution in [0.2, 0.25) is 0 Å². The fourth-order valence-electron chi connectivity index (χ4n) is 2.83. The molecule has 0 saturated carbocycles. The zero-order valence-electron chi connectivity index (χ0n) is 20.0. The third-order valence-corrected chi connectivity index (χ3v) is 6.15. The zero-order valence-corrected chi connectivity index (χ0v) is 21.7. The van der Waals surface area contributed by atoms with E-state index >= 15 is 0 Å². The number of amides is 3. The third kappa shape index (κ3) is 12.3. The maximum Gasteiger partial charge on any atom is 0.327 e. The van der Waals surface area contributed by atoms with E-state index in [2.05, 4.69) is 33.6 Å². The second kappa shape index (κ2) is 17.3. The predicted molar refractivity (Wildman–Crippen MR) is 138 cm³/mol. The van der Waals surface area contributed by atoms with E-state index in [4.69, 9.17) is 17.2 Å². The van der Waals surface area contributed by atoms with Crippen molar-refractivity contribution in [2.24, 2.45) is 28.1 Å². The average molecular weight is 522 g/mol. The molecule has 10 N–H and O–H groups in total. The molecule has 0 spiro atoms. The van der Waals surface area contributed by atoms with E-state index < -0.39 is 47.9 Å². The molecule has 0 bridgehead atoms. The number of rotatable bonds is 17. The lowest BCUT2D eigenvalue weighted by atomic mass is 9.97. The van der Waals surface area contributed by atoms with Crippen molar-refractivity contribution in [2.75, 3.05) is 24.3 Å². The second-order valence-corrected chi connectivity index (χ2v) is 9.20. The van der Waals surface area contributed by atoms with Gasteiger partial charge in [0.05, 0.1) is 6.04 Å². The molecule has 0 aliphatic carbocycles. The first kappa shape index (κ1) is 31.8. The number of thiol groups is 1. The Balaban J connectivity index is 5.53. The van der Waals surface area contributed by atoms with Gasteiger partial charge in [0.25, 0.3) is 0 Å². The first-order valence-electron chi connectivity index (χ1n) is 11.0. The number of carbonyl (C=O) groups is 4. The number of guanidine groups is 1. The quantitative estimate of drug-likeness (QED) is 0.0490. The van der Waals surface area contributed by atoms with Crippen LogP contribution < -0.4 is 33.2 Å². The number of hydrogen-bond donors (Lipinski definition) is 8. The Labute approximate surface area is 210 Å². The van der Waals surface area contributed by atoms with E-state index in [0.717, 1.165) is 0 Å². The molecule has 196 valence electrons. The van der Waals surface area contributed by atoms with E-state index in [9.17, 15) is 24.3 Å². The topological polar surface area (TPSA) is 215 Å². The number of thioether (sulfide) groups is 1. The number of nitrogens with one attached hydrogen (secondary N) is 3. The lowest BCUT2D eigenvalue weighted by Gasteiger charge is -2.28. The minimum atomic E-state index is -1.23. The Hall–Kier alpha value is -2.19.